The Morgan fingerprint density at radius 3 is 2.10 bits per heavy atom. The third-order valence-electron chi connectivity index (χ3n) is 2.68. The summed E-state index contributed by atoms with van der Waals surface area (Å²) in [6.45, 7) is 12.7. The first kappa shape index (κ1) is 18.7. The minimum absolute atomic E-state index is 0.116. The average molecular weight is 278 g/mol. The fourth-order valence-corrected chi connectivity index (χ4v) is 2.02. The lowest BCUT2D eigenvalue weighted by Gasteiger charge is -2.24. The number of carbonyl (C=O) groups excluding carboxylic acids is 1. The highest BCUT2D eigenvalue weighted by Crippen LogP contribution is 2.27. The van der Waals surface area contributed by atoms with Crippen LogP contribution in [0.15, 0.2) is 30.3 Å². The maximum atomic E-state index is 12.0. The Balaban J connectivity index is 0.00000110. The van der Waals surface area contributed by atoms with Gasteiger partial charge in [-0.15, -0.1) is 0 Å². The van der Waals surface area contributed by atoms with Crippen LogP contribution < -0.4 is 0 Å². The molecule has 2 heteroatoms. The molecule has 0 atom stereocenters. The highest BCUT2D eigenvalue weighted by Gasteiger charge is 2.30. The van der Waals surface area contributed by atoms with Crippen molar-refractivity contribution in [2.45, 2.75) is 61.0 Å². The highest BCUT2D eigenvalue weighted by atomic mass is 16.5. The van der Waals surface area contributed by atoms with Crippen LogP contribution >= 0.6 is 0 Å². The first-order valence-corrected chi connectivity index (χ1v) is 7.54. The van der Waals surface area contributed by atoms with Gasteiger partial charge < -0.3 is 4.74 Å². The summed E-state index contributed by atoms with van der Waals surface area (Å²) >= 11 is 0. The molecule has 114 valence electrons. The molecule has 1 aromatic rings. The zero-order chi connectivity index (χ0) is 15.6. The van der Waals surface area contributed by atoms with Crippen molar-refractivity contribution in [2.75, 3.05) is 0 Å². The van der Waals surface area contributed by atoms with E-state index >= 15 is 0 Å². The lowest BCUT2D eigenvalue weighted by molar-refractivity contribution is -0.156. The van der Waals surface area contributed by atoms with Crippen LogP contribution in [0.4, 0.5) is 0 Å². The van der Waals surface area contributed by atoms with E-state index < -0.39 is 5.41 Å². The molecule has 1 rings (SSSR count). The minimum atomic E-state index is -0.400. The van der Waals surface area contributed by atoms with Crippen LogP contribution in [-0.2, 0) is 16.1 Å². The van der Waals surface area contributed by atoms with E-state index in [4.69, 9.17) is 4.74 Å². The van der Waals surface area contributed by atoms with Gasteiger partial charge in [0.15, 0.2) is 0 Å². The summed E-state index contributed by atoms with van der Waals surface area (Å²) in [5.41, 5.74) is 0.629. The van der Waals surface area contributed by atoms with Crippen LogP contribution in [0.3, 0.4) is 0 Å². The summed E-state index contributed by atoms with van der Waals surface area (Å²) in [6.07, 6.45) is 2.10. The second-order valence-electron chi connectivity index (χ2n) is 6.25. The average Bonchev–Trinajstić information content (AvgIpc) is 2.36. The van der Waals surface area contributed by atoms with Crippen LogP contribution in [0.25, 0.3) is 0 Å². The SMILES string of the molecule is CC(C)CC(C)(C)C(=O)OCc1ccccc1.CCC. The number of benzene rings is 1. The third-order valence-corrected chi connectivity index (χ3v) is 2.68. The molecule has 0 amide bonds. The highest BCUT2D eigenvalue weighted by molar-refractivity contribution is 5.75. The monoisotopic (exact) mass is 278 g/mol. The van der Waals surface area contributed by atoms with Crippen LogP contribution in [0.5, 0.6) is 0 Å². The summed E-state index contributed by atoms with van der Waals surface area (Å²) < 4.78 is 5.35. The lowest BCUT2D eigenvalue weighted by atomic mass is 9.84. The van der Waals surface area contributed by atoms with Gasteiger partial charge in [0.2, 0.25) is 0 Å². The normalized spacial score (nSPS) is 10.8. The summed E-state index contributed by atoms with van der Waals surface area (Å²) in [4.78, 5) is 12.0. The maximum Gasteiger partial charge on any atom is 0.311 e. The lowest BCUT2D eigenvalue weighted by Crippen LogP contribution is -2.28. The number of esters is 1. The van der Waals surface area contributed by atoms with Gasteiger partial charge in [-0.1, -0.05) is 64.4 Å². The van der Waals surface area contributed by atoms with Gasteiger partial charge >= 0.3 is 5.97 Å². The van der Waals surface area contributed by atoms with Gasteiger partial charge in [0, 0.05) is 0 Å². The first-order valence-electron chi connectivity index (χ1n) is 7.54. The molecular formula is C18H30O2. The first-order chi connectivity index (χ1) is 9.33. The van der Waals surface area contributed by atoms with Gasteiger partial charge in [0.25, 0.3) is 0 Å². The maximum absolute atomic E-state index is 12.0. The summed E-state index contributed by atoms with van der Waals surface area (Å²) in [5, 5.41) is 0. The molecule has 0 saturated heterocycles. The van der Waals surface area contributed by atoms with E-state index in [0.29, 0.717) is 12.5 Å². The Labute approximate surface area is 124 Å². The number of carbonyl (C=O) groups is 1. The standard InChI is InChI=1S/C15H22O2.C3H8/c1-12(2)10-15(3,4)14(16)17-11-13-8-6-5-7-9-13;1-3-2/h5-9,12H,10-11H2,1-4H3;3H2,1-2H3. The van der Waals surface area contributed by atoms with Crippen molar-refractivity contribution in [3.8, 4) is 0 Å². The van der Waals surface area contributed by atoms with Crippen molar-refractivity contribution in [1.82, 2.24) is 0 Å². The molecule has 0 aliphatic rings. The van der Waals surface area contributed by atoms with Gasteiger partial charge in [-0.05, 0) is 31.7 Å². The second kappa shape index (κ2) is 9.57. The Morgan fingerprint density at radius 2 is 1.65 bits per heavy atom. The van der Waals surface area contributed by atoms with E-state index in [2.05, 4.69) is 27.7 Å². The quantitative estimate of drug-likeness (QED) is 0.690. The molecule has 0 bridgehead atoms. The Bertz CT molecular complexity index is 366. The topological polar surface area (TPSA) is 26.3 Å². The molecule has 0 unspecified atom stereocenters. The Morgan fingerprint density at radius 1 is 1.15 bits per heavy atom. The summed E-state index contributed by atoms with van der Waals surface area (Å²) in [6, 6.07) is 9.77. The van der Waals surface area contributed by atoms with Crippen LogP contribution in [0.1, 0.15) is 59.9 Å². The van der Waals surface area contributed by atoms with E-state index in [1.54, 1.807) is 0 Å². The van der Waals surface area contributed by atoms with Crippen LogP contribution in [0.2, 0.25) is 0 Å². The molecule has 1 aromatic carbocycles. The summed E-state index contributed by atoms with van der Waals surface area (Å²) in [5.74, 6) is 0.379. The van der Waals surface area contributed by atoms with Crippen molar-refractivity contribution in [3.63, 3.8) is 0 Å². The van der Waals surface area contributed by atoms with Crippen molar-refractivity contribution in [3.05, 3.63) is 35.9 Å². The van der Waals surface area contributed by atoms with E-state index in [9.17, 15) is 4.79 Å². The van der Waals surface area contributed by atoms with E-state index in [1.165, 1.54) is 6.42 Å². The molecule has 0 aliphatic heterocycles. The number of hydrogen-bond acceptors (Lipinski definition) is 2. The molecule has 2 nitrogen and oxygen atoms in total. The molecule has 0 N–H and O–H groups in total. The molecule has 0 aliphatic carbocycles. The smallest absolute Gasteiger partial charge is 0.311 e. The minimum Gasteiger partial charge on any atom is -0.460 e. The van der Waals surface area contributed by atoms with Crippen molar-refractivity contribution < 1.29 is 9.53 Å². The number of hydrogen-bond donors (Lipinski definition) is 0. The van der Waals surface area contributed by atoms with Gasteiger partial charge in [0.1, 0.15) is 6.61 Å². The number of rotatable bonds is 5. The van der Waals surface area contributed by atoms with Crippen LogP contribution in [-0.4, -0.2) is 5.97 Å². The van der Waals surface area contributed by atoms with E-state index in [1.807, 2.05) is 44.2 Å². The fraction of sp³-hybridized carbons (Fsp3) is 0.611. The fourth-order valence-electron chi connectivity index (χ4n) is 2.02. The van der Waals surface area contributed by atoms with Crippen LogP contribution in [0, 0.1) is 11.3 Å². The van der Waals surface area contributed by atoms with E-state index in [-0.39, 0.29) is 5.97 Å². The van der Waals surface area contributed by atoms with Gasteiger partial charge in [-0.3, -0.25) is 4.79 Å². The molecule has 0 fully saturated rings. The predicted octanol–water partition coefficient (Wildman–Crippen LogP) is 5.22. The predicted molar refractivity (Wildman–Crippen MR) is 85.4 cm³/mol. The number of ether oxygens (including phenoxy) is 1. The molecule has 0 radical (unpaired) electrons. The van der Waals surface area contributed by atoms with Gasteiger partial charge in [0.05, 0.1) is 5.41 Å². The van der Waals surface area contributed by atoms with Crippen molar-refractivity contribution >= 4 is 5.97 Å². The largest absolute Gasteiger partial charge is 0.460 e. The molecule has 20 heavy (non-hydrogen) atoms. The van der Waals surface area contributed by atoms with Crippen molar-refractivity contribution in [2.24, 2.45) is 11.3 Å². The zero-order valence-electron chi connectivity index (χ0n) is 13.9. The second-order valence-corrected chi connectivity index (χ2v) is 6.25. The zero-order valence-corrected chi connectivity index (χ0v) is 13.9. The molecule has 0 aromatic heterocycles. The Kier molecular flexibility index (Phi) is 8.94. The Hall–Kier alpha value is -1.31. The van der Waals surface area contributed by atoms with Crippen molar-refractivity contribution in [1.29, 1.82) is 0 Å². The molecule has 0 heterocycles. The molecule has 0 saturated carbocycles. The third kappa shape index (κ3) is 7.98. The molecule has 0 spiro atoms. The van der Waals surface area contributed by atoms with E-state index in [0.717, 1.165) is 12.0 Å². The summed E-state index contributed by atoms with van der Waals surface area (Å²) in [7, 11) is 0. The van der Waals surface area contributed by atoms with Gasteiger partial charge in [-0.25, -0.2) is 0 Å². The van der Waals surface area contributed by atoms with Gasteiger partial charge in [-0.2, -0.15) is 0 Å². The molecular weight excluding hydrogens is 248 g/mol.